The Morgan fingerprint density at radius 1 is 0.750 bits per heavy atom. The average molecular weight is 635 g/mol. The lowest BCUT2D eigenvalue weighted by Crippen LogP contribution is -2.04. The van der Waals surface area contributed by atoms with E-state index in [0.717, 1.165) is 18.2 Å². The zero-order valence-corrected chi connectivity index (χ0v) is 23.5. The van der Waals surface area contributed by atoms with E-state index in [9.17, 15) is 35.8 Å². The Kier molecular flexibility index (Phi) is 6.69. The normalized spacial score (nSPS) is 12.8. The Bertz CT molecular complexity index is 2510. The molecule has 0 atom stereocenters. The summed E-state index contributed by atoms with van der Waals surface area (Å²) in [5, 5.41) is 27.6. The highest BCUT2D eigenvalue weighted by Gasteiger charge is 2.24. The van der Waals surface area contributed by atoms with Crippen molar-refractivity contribution in [3.63, 3.8) is 0 Å². The number of azo groups is 2. The van der Waals surface area contributed by atoms with Gasteiger partial charge in [0.25, 0.3) is 20.2 Å². The first kappa shape index (κ1) is 28.6. The van der Waals surface area contributed by atoms with E-state index in [1.54, 1.807) is 30.3 Å². The molecule has 0 bridgehead atoms. The molecule has 0 amide bonds. The standard InChI is InChI=1S/C26H18N8O8S2/c27-16-11-15-12(8-21(16)43(37,38)39)9-22(44(40,41)42)24(25(15)35)34-32-17-5-6-19(23-14(17)2-1-7-28-23)33-31-13-3-4-18-20(10-13)30-26(36)29-18/h1-11,35H,27H2,(H2,29,30,36)(H,37,38,39)(H,40,41,42). The number of benzene rings is 4. The van der Waals surface area contributed by atoms with Crippen molar-refractivity contribution in [2.45, 2.75) is 9.79 Å². The predicted molar refractivity (Wildman–Crippen MR) is 159 cm³/mol. The van der Waals surface area contributed by atoms with Gasteiger partial charge in [-0.2, -0.15) is 21.9 Å². The van der Waals surface area contributed by atoms with Crippen molar-refractivity contribution in [1.82, 2.24) is 15.0 Å². The van der Waals surface area contributed by atoms with Crippen LogP contribution in [-0.4, -0.2) is 46.0 Å². The number of aromatic hydroxyl groups is 1. The second-order valence-electron chi connectivity index (χ2n) is 9.35. The summed E-state index contributed by atoms with van der Waals surface area (Å²) in [6.07, 6.45) is 1.51. The van der Waals surface area contributed by atoms with E-state index >= 15 is 0 Å². The van der Waals surface area contributed by atoms with Crippen LogP contribution in [0, 0.1) is 0 Å². The van der Waals surface area contributed by atoms with Gasteiger partial charge in [-0.15, -0.1) is 15.3 Å². The van der Waals surface area contributed by atoms with Crippen molar-refractivity contribution in [2.75, 3.05) is 5.73 Å². The maximum Gasteiger partial charge on any atom is 0.323 e. The van der Waals surface area contributed by atoms with Gasteiger partial charge in [-0.25, -0.2) is 4.79 Å². The number of nitrogens with zero attached hydrogens (tertiary/aromatic N) is 5. The third-order valence-electron chi connectivity index (χ3n) is 6.49. The topological polar surface area (TPSA) is 266 Å². The van der Waals surface area contributed by atoms with Crippen LogP contribution in [0.1, 0.15) is 0 Å². The van der Waals surface area contributed by atoms with Gasteiger partial charge in [0.15, 0.2) is 5.75 Å². The molecule has 0 spiro atoms. The third kappa shape index (κ3) is 5.24. The molecule has 0 unspecified atom stereocenters. The first-order valence-corrected chi connectivity index (χ1v) is 15.1. The fourth-order valence-corrected chi connectivity index (χ4v) is 5.81. The van der Waals surface area contributed by atoms with Gasteiger partial charge in [-0.05, 0) is 66.0 Å². The number of phenols is 1. The van der Waals surface area contributed by atoms with E-state index in [1.165, 1.54) is 18.3 Å². The summed E-state index contributed by atoms with van der Waals surface area (Å²) in [4.78, 5) is 19.5. The maximum absolute atomic E-state index is 12.2. The molecule has 6 aromatic rings. The summed E-state index contributed by atoms with van der Waals surface area (Å²) >= 11 is 0. The van der Waals surface area contributed by atoms with Gasteiger partial charge in [0, 0.05) is 17.0 Å². The Balaban J connectivity index is 1.44. The van der Waals surface area contributed by atoms with E-state index in [-0.39, 0.29) is 22.1 Å². The molecule has 2 aromatic heterocycles. The number of fused-ring (bicyclic) bond motifs is 3. The molecule has 0 saturated carbocycles. The van der Waals surface area contributed by atoms with Gasteiger partial charge >= 0.3 is 5.69 Å². The summed E-state index contributed by atoms with van der Waals surface area (Å²) in [5.74, 6) is -0.777. The quantitative estimate of drug-likeness (QED) is 0.0794. The Labute approximate surface area is 246 Å². The molecular weight excluding hydrogens is 616 g/mol. The minimum absolute atomic E-state index is 0.125. The molecule has 18 heteroatoms. The lowest BCUT2D eigenvalue weighted by Gasteiger charge is -2.11. The van der Waals surface area contributed by atoms with Crippen LogP contribution in [0.5, 0.6) is 5.75 Å². The number of hydrogen-bond acceptors (Lipinski definition) is 12. The fourth-order valence-electron chi connectivity index (χ4n) is 4.52. The number of imidazole rings is 1. The number of nitrogen functional groups attached to an aromatic ring is 1. The number of rotatable bonds is 6. The van der Waals surface area contributed by atoms with Crippen molar-refractivity contribution in [3.8, 4) is 5.75 Å². The number of nitrogens with two attached hydrogens (primary N) is 1. The van der Waals surface area contributed by atoms with Gasteiger partial charge in [0.1, 0.15) is 21.2 Å². The minimum atomic E-state index is -5.02. The highest BCUT2D eigenvalue weighted by molar-refractivity contribution is 7.86. The van der Waals surface area contributed by atoms with E-state index < -0.39 is 47.2 Å². The first-order chi connectivity index (χ1) is 20.8. The largest absolute Gasteiger partial charge is 0.505 e. The number of anilines is 1. The number of hydrogen-bond donors (Lipinski definition) is 6. The molecule has 0 aliphatic carbocycles. The highest BCUT2D eigenvalue weighted by Crippen LogP contribution is 2.44. The summed E-state index contributed by atoms with van der Waals surface area (Å²) in [6, 6.07) is 14.0. The molecule has 0 radical (unpaired) electrons. The molecule has 0 aliphatic rings. The minimum Gasteiger partial charge on any atom is -0.505 e. The Morgan fingerprint density at radius 3 is 2.18 bits per heavy atom. The number of H-pyrrole nitrogens is 2. The number of nitrogens with one attached hydrogen (secondary N) is 2. The number of phenolic OH excluding ortho intramolecular Hbond substituents is 1. The van der Waals surface area contributed by atoms with Crippen LogP contribution in [0.3, 0.4) is 0 Å². The number of aromatic amines is 2. The molecule has 4 aromatic carbocycles. The lowest BCUT2D eigenvalue weighted by atomic mass is 10.1. The Morgan fingerprint density at radius 2 is 1.43 bits per heavy atom. The van der Waals surface area contributed by atoms with Gasteiger partial charge in [-0.1, -0.05) is 0 Å². The van der Waals surface area contributed by atoms with Crippen molar-refractivity contribution >= 4 is 81.4 Å². The van der Waals surface area contributed by atoms with Crippen LogP contribution in [0.15, 0.2) is 102 Å². The van der Waals surface area contributed by atoms with Crippen LogP contribution < -0.4 is 11.4 Å². The molecule has 0 aliphatic heterocycles. The molecule has 44 heavy (non-hydrogen) atoms. The number of pyridine rings is 1. The summed E-state index contributed by atoms with van der Waals surface area (Å²) in [7, 11) is -9.81. The van der Waals surface area contributed by atoms with Gasteiger partial charge in [0.05, 0.1) is 33.6 Å². The highest BCUT2D eigenvalue weighted by atomic mass is 32.2. The summed E-state index contributed by atoms with van der Waals surface area (Å²) < 4.78 is 67.1. The monoisotopic (exact) mass is 634 g/mol. The molecule has 0 saturated heterocycles. The SMILES string of the molecule is Nc1cc2c(O)c(N=Nc3ccc(N=Nc4ccc5[nH]c(=O)[nH]c5c4)c4ncccc34)c(S(=O)(=O)O)cc2cc1S(=O)(=O)O. The zero-order valence-electron chi connectivity index (χ0n) is 21.9. The smallest absolute Gasteiger partial charge is 0.323 e. The van der Waals surface area contributed by atoms with Crippen LogP contribution >= 0.6 is 0 Å². The molecule has 16 nitrogen and oxygen atoms in total. The third-order valence-corrected chi connectivity index (χ3v) is 8.27. The van der Waals surface area contributed by atoms with E-state index in [4.69, 9.17) is 5.73 Å². The van der Waals surface area contributed by atoms with Crippen LogP contribution in [-0.2, 0) is 20.2 Å². The second-order valence-corrected chi connectivity index (χ2v) is 12.1. The van der Waals surface area contributed by atoms with E-state index in [0.29, 0.717) is 33.3 Å². The van der Waals surface area contributed by atoms with Gasteiger partial charge < -0.3 is 20.8 Å². The molecule has 222 valence electrons. The summed E-state index contributed by atoms with van der Waals surface area (Å²) in [6.45, 7) is 0. The van der Waals surface area contributed by atoms with Crippen LogP contribution in [0.25, 0.3) is 32.7 Å². The van der Waals surface area contributed by atoms with Crippen LogP contribution in [0.2, 0.25) is 0 Å². The molecule has 2 heterocycles. The van der Waals surface area contributed by atoms with E-state index in [2.05, 4.69) is 35.4 Å². The second kappa shape index (κ2) is 10.3. The van der Waals surface area contributed by atoms with Crippen LogP contribution in [0.4, 0.5) is 28.4 Å². The van der Waals surface area contributed by atoms with Crippen molar-refractivity contribution in [1.29, 1.82) is 0 Å². The predicted octanol–water partition coefficient (Wildman–Crippen LogP) is 5.17. The molecular formula is C26H18N8O8S2. The van der Waals surface area contributed by atoms with Gasteiger partial charge in [-0.3, -0.25) is 14.1 Å². The fraction of sp³-hybridized carbons (Fsp3) is 0. The maximum atomic E-state index is 12.2. The Hall–Kier alpha value is -5.56. The average Bonchev–Trinajstić information content (AvgIpc) is 3.34. The van der Waals surface area contributed by atoms with Crippen molar-refractivity contribution in [2.24, 2.45) is 20.5 Å². The lowest BCUT2D eigenvalue weighted by molar-refractivity contribution is 0.472. The molecule has 7 N–H and O–H groups in total. The molecule has 6 rings (SSSR count). The van der Waals surface area contributed by atoms with Crippen molar-refractivity contribution in [3.05, 3.63) is 77.3 Å². The number of aromatic nitrogens is 3. The van der Waals surface area contributed by atoms with Gasteiger partial charge in [0.2, 0.25) is 0 Å². The summed E-state index contributed by atoms with van der Waals surface area (Å²) in [5.41, 5.74) is 6.78. The van der Waals surface area contributed by atoms with E-state index in [1.807, 2.05) is 0 Å². The van der Waals surface area contributed by atoms with Crippen molar-refractivity contribution < 1.29 is 31.0 Å². The first-order valence-electron chi connectivity index (χ1n) is 12.3. The zero-order chi connectivity index (χ0) is 31.4. The molecule has 0 fully saturated rings.